The molecule has 124 valence electrons. The zero-order chi connectivity index (χ0) is 17.4. The fraction of sp³-hybridized carbons (Fsp3) is 0.250. The van der Waals surface area contributed by atoms with E-state index >= 15 is 0 Å². The summed E-state index contributed by atoms with van der Waals surface area (Å²) in [5, 5.41) is 8.55. The Kier molecular flexibility index (Phi) is 6.01. The van der Waals surface area contributed by atoms with E-state index < -0.39 is 5.72 Å². The summed E-state index contributed by atoms with van der Waals surface area (Å²) in [5.41, 5.74) is 1.79. The van der Waals surface area contributed by atoms with Crippen LogP contribution in [0.4, 0.5) is 0 Å². The second kappa shape index (κ2) is 8.20. The number of ether oxygens (including phenoxy) is 1. The van der Waals surface area contributed by atoms with E-state index in [1.54, 1.807) is 6.92 Å². The minimum atomic E-state index is -1.03. The molecule has 0 N–H and O–H groups in total. The first kappa shape index (κ1) is 17.6. The van der Waals surface area contributed by atoms with Crippen molar-refractivity contribution in [3.8, 4) is 0 Å². The van der Waals surface area contributed by atoms with Crippen molar-refractivity contribution in [2.75, 3.05) is 0 Å². The molecule has 0 saturated heterocycles. The Morgan fingerprint density at radius 2 is 1.62 bits per heavy atom. The van der Waals surface area contributed by atoms with Gasteiger partial charge in [0.25, 0.3) is 0 Å². The summed E-state index contributed by atoms with van der Waals surface area (Å²) in [6, 6.07) is 19.7. The van der Waals surface area contributed by atoms with E-state index in [0.717, 1.165) is 16.8 Å². The molecule has 4 nitrogen and oxygen atoms in total. The molecule has 1 unspecified atom stereocenters. The summed E-state index contributed by atoms with van der Waals surface area (Å²) in [4.78, 5) is 11.4. The lowest BCUT2D eigenvalue weighted by Crippen LogP contribution is -2.31. The topological polar surface area (TPSA) is 51.0 Å². The minimum Gasteiger partial charge on any atom is -0.436 e. The molecule has 2 rings (SSSR count). The first-order valence-corrected chi connectivity index (χ1v) is 7.87. The lowest BCUT2D eigenvalue weighted by molar-refractivity contribution is -0.154. The molecule has 24 heavy (non-hydrogen) atoms. The monoisotopic (exact) mass is 322 g/mol. The van der Waals surface area contributed by atoms with E-state index in [1.165, 1.54) is 6.92 Å². The number of carbonyl (C=O) groups excluding carboxylic acids is 1. The Morgan fingerprint density at radius 1 is 1.04 bits per heavy atom. The van der Waals surface area contributed by atoms with Crippen molar-refractivity contribution in [2.24, 2.45) is 10.2 Å². The van der Waals surface area contributed by atoms with Gasteiger partial charge in [0.05, 0.1) is 5.70 Å². The summed E-state index contributed by atoms with van der Waals surface area (Å²) >= 11 is 0. The summed E-state index contributed by atoms with van der Waals surface area (Å²) < 4.78 is 5.42. The SMILES string of the molecule is CC(=O)OC(C)(Cc1ccccc1)N=N/C(C)=C/c1ccccc1. The van der Waals surface area contributed by atoms with E-state index in [9.17, 15) is 4.79 Å². The normalized spacial score (nSPS) is 14.4. The molecule has 2 aromatic rings. The fourth-order valence-corrected chi connectivity index (χ4v) is 2.38. The Bertz CT molecular complexity index is 724. The van der Waals surface area contributed by atoms with Crippen molar-refractivity contribution in [3.63, 3.8) is 0 Å². The zero-order valence-corrected chi connectivity index (χ0v) is 14.3. The Labute approximate surface area is 142 Å². The number of allylic oxidation sites excluding steroid dienone is 1. The molecule has 0 aliphatic carbocycles. The highest BCUT2D eigenvalue weighted by molar-refractivity contribution is 5.66. The van der Waals surface area contributed by atoms with Crippen molar-refractivity contribution in [1.82, 2.24) is 0 Å². The predicted octanol–water partition coefficient (Wildman–Crippen LogP) is 5.02. The van der Waals surface area contributed by atoms with Crippen LogP contribution in [-0.2, 0) is 16.0 Å². The van der Waals surface area contributed by atoms with Crippen molar-refractivity contribution >= 4 is 12.0 Å². The molecule has 4 heteroatoms. The highest BCUT2D eigenvalue weighted by atomic mass is 16.6. The Balaban J connectivity index is 2.18. The maximum atomic E-state index is 11.4. The molecule has 0 aromatic heterocycles. The molecule has 0 fully saturated rings. The minimum absolute atomic E-state index is 0.378. The second-order valence-corrected chi connectivity index (χ2v) is 5.83. The lowest BCUT2D eigenvalue weighted by atomic mass is 10.0. The molecule has 0 spiro atoms. The maximum absolute atomic E-state index is 11.4. The van der Waals surface area contributed by atoms with Crippen LogP contribution in [0.1, 0.15) is 31.9 Å². The quantitative estimate of drug-likeness (QED) is 0.554. The first-order chi connectivity index (χ1) is 11.5. The summed E-state index contributed by atoms with van der Waals surface area (Å²) in [6.07, 6.45) is 2.40. The highest BCUT2D eigenvalue weighted by Gasteiger charge is 2.28. The molecule has 0 aliphatic rings. The van der Waals surface area contributed by atoms with Crippen LogP contribution in [0.3, 0.4) is 0 Å². The average molecular weight is 322 g/mol. The van der Waals surface area contributed by atoms with Crippen LogP contribution in [0.2, 0.25) is 0 Å². The number of esters is 1. The molecular formula is C20H22N2O2. The van der Waals surface area contributed by atoms with Gasteiger partial charge in [0.1, 0.15) is 0 Å². The van der Waals surface area contributed by atoms with E-state index in [1.807, 2.05) is 73.7 Å². The van der Waals surface area contributed by atoms with E-state index in [2.05, 4.69) is 10.2 Å². The van der Waals surface area contributed by atoms with Gasteiger partial charge in [-0.15, -0.1) is 5.11 Å². The number of benzene rings is 2. The molecule has 0 heterocycles. The Hall–Kier alpha value is -2.75. The van der Waals surface area contributed by atoms with Crippen molar-refractivity contribution < 1.29 is 9.53 Å². The molecule has 0 radical (unpaired) electrons. The number of hydrogen-bond donors (Lipinski definition) is 0. The third kappa shape index (κ3) is 5.80. The van der Waals surface area contributed by atoms with Gasteiger partial charge in [-0.2, -0.15) is 5.11 Å². The van der Waals surface area contributed by atoms with E-state index in [4.69, 9.17) is 4.74 Å². The van der Waals surface area contributed by atoms with Crippen LogP contribution in [0, 0.1) is 0 Å². The average Bonchev–Trinajstić information content (AvgIpc) is 2.54. The van der Waals surface area contributed by atoms with Crippen molar-refractivity contribution in [2.45, 2.75) is 32.9 Å². The van der Waals surface area contributed by atoms with Crippen LogP contribution in [0.5, 0.6) is 0 Å². The van der Waals surface area contributed by atoms with Gasteiger partial charge >= 0.3 is 5.97 Å². The summed E-state index contributed by atoms with van der Waals surface area (Å²) in [7, 11) is 0. The number of rotatable bonds is 6. The van der Waals surface area contributed by atoms with Crippen LogP contribution >= 0.6 is 0 Å². The first-order valence-electron chi connectivity index (χ1n) is 7.87. The third-order valence-electron chi connectivity index (χ3n) is 3.33. The zero-order valence-electron chi connectivity index (χ0n) is 14.3. The number of nitrogens with zero attached hydrogens (tertiary/aromatic N) is 2. The summed E-state index contributed by atoms with van der Waals surface area (Å²) in [5.74, 6) is -0.378. The highest BCUT2D eigenvalue weighted by Crippen LogP contribution is 2.21. The maximum Gasteiger partial charge on any atom is 0.304 e. The smallest absolute Gasteiger partial charge is 0.304 e. The predicted molar refractivity (Wildman–Crippen MR) is 95.3 cm³/mol. The molecule has 0 saturated carbocycles. The molecule has 0 amide bonds. The van der Waals surface area contributed by atoms with E-state index in [0.29, 0.717) is 6.42 Å². The molecular weight excluding hydrogens is 300 g/mol. The van der Waals surface area contributed by atoms with E-state index in [-0.39, 0.29) is 5.97 Å². The van der Waals surface area contributed by atoms with Crippen molar-refractivity contribution in [1.29, 1.82) is 0 Å². The van der Waals surface area contributed by atoms with Gasteiger partial charge in [-0.1, -0.05) is 60.7 Å². The standard InChI is InChI=1S/C20H22N2O2/c1-16(14-18-10-6-4-7-11-18)21-22-20(3,24-17(2)23)15-19-12-8-5-9-13-19/h4-14H,15H2,1-3H3/b16-14+,22-21?. The van der Waals surface area contributed by atoms with Gasteiger partial charge in [0.2, 0.25) is 5.72 Å². The molecule has 0 aliphatic heterocycles. The van der Waals surface area contributed by atoms with Gasteiger partial charge in [-0.3, -0.25) is 4.79 Å². The van der Waals surface area contributed by atoms with Gasteiger partial charge in [-0.25, -0.2) is 0 Å². The lowest BCUT2D eigenvalue weighted by Gasteiger charge is -2.23. The second-order valence-electron chi connectivity index (χ2n) is 5.83. The van der Waals surface area contributed by atoms with Gasteiger partial charge < -0.3 is 4.74 Å². The number of azo groups is 1. The molecule has 1 atom stereocenters. The van der Waals surface area contributed by atoms with Crippen molar-refractivity contribution in [3.05, 3.63) is 77.5 Å². The summed E-state index contributed by atoms with van der Waals surface area (Å²) in [6.45, 7) is 5.01. The molecule has 0 bridgehead atoms. The Morgan fingerprint density at radius 3 is 2.21 bits per heavy atom. The van der Waals surface area contributed by atoms with Crippen LogP contribution < -0.4 is 0 Å². The number of hydrogen-bond acceptors (Lipinski definition) is 4. The molecule has 2 aromatic carbocycles. The van der Waals surface area contributed by atoms with Gasteiger partial charge in [-0.05, 0) is 31.1 Å². The largest absolute Gasteiger partial charge is 0.436 e. The number of carbonyl (C=O) groups is 1. The van der Waals surface area contributed by atoms with Gasteiger partial charge in [0, 0.05) is 13.3 Å². The fourth-order valence-electron chi connectivity index (χ4n) is 2.38. The van der Waals surface area contributed by atoms with Crippen LogP contribution in [0.15, 0.2) is 76.6 Å². The van der Waals surface area contributed by atoms with Crippen LogP contribution in [0.25, 0.3) is 6.08 Å². The van der Waals surface area contributed by atoms with Crippen LogP contribution in [-0.4, -0.2) is 11.7 Å². The third-order valence-corrected chi connectivity index (χ3v) is 3.33. The van der Waals surface area contributed by atoms with Gasteiger partial charge in [0.15, 0.2) is 0 Å².